The van der Waals surface area contributed by atoms with Crippen LogP contribution >= 0.6 is 11.8 Å². The number of thioether (sulfide) groups is 1. The Hall–Kier alpha value is -2.65. The Morgan fingerprint density at radius 3 is 2.72 bits per heavy atom. The van der Waals surface area contributed by atoms with E-state index >= 15 is 0 Å². The monoisotopic (exact) mass is 451 g/mol. The molecule has 2 fully saturated rings. The van der Waals surface area contributed by atoms with Crippen LogP contribution < -0.4 is 10.2 Å². The molecule has 2 aliphatic rings. The van der Waals surface area contributed by atoms with Crippen LogP contribution in [0.4, 0.5) is 11.5 Å². The maximum atomic E-state index is 12.9. The number of hydrogen-bond acceptors (Lipinski definition) is 7. The summed E-state index contributed by atoms with van der Waals surface area (Å²) in [6.07, 6.45) is 3.24. The second-order valence-corrected chi connectivity index (χ2v) is 9.84. The van der Waals surface area contributed by atoms with Gasteiger partial charge in [0, 0.05) is 55.8 Å². The predicted molar refractivity (Wildman–Crippen MR) is 128 cm³/mol. The number of nitrogens with one attached hydrogen (secondary N) is 1. The van der Waals surface area contributed by atoms with E-state index in [2.05, 4.69) is 55.5 Å². The van der Waals surface area contributed by atoms with Gasteiger partial charge in [-0.1, -0.05) is 12.1 Å². The van der Waals surface area contributed by atoms with E-state index in [1.54, 1.807) is 10.8 Å². The summed E-state index contributed by atoms with van der Waals surface area (Å²) in [5.41, 5.74) is 4.11. The third kappa shape index (κ3) is 4.73. The van der Waals surface area contributed by atoms with Crippen molar-refractivity contribution in [2.45, 2.75) is 26.3 Å². The van der Waals surface area contributed by atoms with Crippen LogP contribution in [0.15, 0.2) is 36.7 Å². The molecule has 3 aromatic rings. The Morgan fingerprint density at radius 1 is 1.12 bits per heavy atom. The lowest BCUT2D eigenvalue weighted by molar-refractivity contribution is -0.120. The summed E-state index contributed by atoms with van der Waals surface area (Å²) in [6, 6.07) is 10.3. The molecule has 1 N–H and O–H groups in total. The van der Waals surface area contributed by atoms with Gasteiger partial charge in [0.25, 0.3) is 0 Å². The molecule has 168 valence electrons. The highest BCUT2D eigenvalue weighted by Gasteiger charge is 2.26. The summed E-state index contributed by atoms with van der Waals surface area (Å²) >= 11 is 2.03. The molecule has 5 rings (SSSR count). The molecule has 0 spiro atoms. The number of rotatable bonds is 5. The number of hydrogen-bond donors (Lipinski definition) is 1. The molecule has 32 heavy (non-hydrogen) atoms. The number of aromatic nitrogens is 4. The normalized spacial score (nSPS) is 18.2. The number of benzene rings is 1. The van der Waals surface area contributed by atoms with Gasteiger partial charge >= 0.3 is 0 Å². The molecule has 0 atom stereocenters. The predicted octanol–water partition coefficient (Wildman–Crippen LogP) is 2.84. The lowest BCUT2D eigenvalue weighted by Gasteiger charge is -2.32. The molecule has 0 radical (unpaired) electrons. The van der Waals surface area contributed by atoms with Gasteiger partial charge < -0.3 is 10.2 Å². The number of aryl methyl sites for hydroxylation is 1. The molecule has 0 aliphatic carbocycles. The van der Waals surface area contributed by atoms with Gasteiger partial charge in [-0.25, -0.2) is 0 Å². The van der Waals surface area contributed by atoms with Crippen LogP contribution in [-0.2, 0) is 11.3 Å². The Kier molecular flexibility index (Phi) is 6.27. The molecular weight excluding hydrogens is 422 g/mol. The Bertz CT molecular complexity index is 1090. The van der Waals surface area contributed by atoms with E-state index in [1.165, 1.54) is 17.1 Å². The number of nitrogens with zero attached hydrogens (tertiary/aromatic N) is 6. The van der Waals surface area contributed by atoms with Crippen LogP contribution in [0.1, 0.15) is 24.0 Å². The number of amides is 1. The van der Waals surface area contributed by atoms with Gasteiger partial charge in [-0.3, -0.25) is 9.69 Å². The van der Waals surface area contributed by atoms with E-state index in [0.717, 1.165) is 68.3 Å². The van der Waals surface area contributed by atoms with Gasteiger partial charge in [0.05, 0.1) is 0 Å². The van der Waals surface area contributed by atoms with E-state index in [4.69, 9.17) is 0 Å². The topological polar surface area (TPSA) is 78.7 Å². The van der Waals surface area contributed by atoms with Crippen molar-refractivity contribution in [1.29, 1.82) is 0 Å². The highest BCUT2D eigenvalue weighted by atomic mass is 32.2. The summed E-state index contributed by atoms with van der Waals surface area (Å²) < 4.78 is 1.69. The van der Waals surface area contributed by atoms with Crippen molar-refractivity contribution >= 4 is 34.8 Å². The maximum Gasteiger partial charge on any atom is 0.227 e. The van der Waals surface area contributed by atoms with Crippen molar-refractivity contribution < 1.29 is 4.79 Å². The van der Waals surface area contributed by atoms with Gasteiger partial charge in [-0.15, -0.1) is 15.3 Å². The van der Waals surface area contributed by atoms with Crippen LogP contribution in [0.5, 0.6) is 0 Å². The standard InChI is InChI=1S/C23H29N7OS/c1-17-14-18(15-28-10-12-32-13-11-28)2-3-20(17)25-23(31)19-6-8-29(9-7-19)22-5-4-21-26-24-16-30(21)27-22/h2-5,14,16,19H,6-13,15H2,1H3,(H,25,31). The molecular formula is C23H29N7OS. The minimum absolute atomic E-state index is 0.0230. The molecule has 0 bridgehead atoms. The molecule has 8 nitrogen and oxygen atoms in total. The third-order valence-electron chi connectivity index (χ3n) is 6.40. The Labute approximate surface area is 192 Å². The first-order valence-corrected chi connectivity index (χ1v) is 12.4. The quantitative estimate of drug-likeness (QED) is 0.639. The lowest BCUT2D eigenvalue weighted by atomic mass is 9.95. The summed E-state index contributed by atoms with van der Waals surface area (Å²) in [4.78, 5) is 17.7. The van der Waals surface area contributed by atoms with Crippen molar-refractivity contribution in [2.75, 3.05) is 47.9 Å². The number of carbonyl (C=O) groups excluding carboxylic acids is 1. The van der Waals surface area contributed by atoms with Crippen molar-refractivity contribution in [3.05, 3.63) is 47.8 Å². The van der Waals surface area contributed by atoms with Crippen LogP contribution in [0.3, 0.4) is 0 Å². The second kappa shape index (κ2) is 9.46. The molecule has 0 saturated carbocycles. The van der Waals surface area contributed by atoms with Gasteiger partial charge in [-0.05, 0) is 49.1 Å². The van der Waals surface area contributed by atoms with Crippen LogP contribution in [0.25, 0.3) is 5.65 Å². The molecule has 9 heteroatoms. The highest BCUT2D eigenvalue weighted by molar-refractivity contribution is 7.99. The lowest BCUT2D eigenvalue weighted by Crippen LogP contribution is -2.38. The second-order valence-electron chi connectivity index (χ2n) is 8.61. The first-order valence-electron chi connectivity index (χ1n) is 11.3. The fraction of sp³-hybridized carbons (Fsp3) is 0.478. The van der Waals surface area contributed by atoms with E-state index in [0.29, 0.717) is 0 Å². The van der Waals surface area contributed by atoms with Crippen LogP contribution in [0, 0.1) is 12.8 Å². The average Bonchev–Trinajstić information content (AvgIpc) is 3.29. The third-order valence-corrected chi connectivity index (χ3v) is 7.34. The van der Waals surface area contributed by atoms with Gasteiger partial charge in [0.1, 0.15) is 12.1 Å². The zero-order valence-corrected chi connectivity index (χ0v) is 19.2. The first kappa shape index (κ1) is 21.2. The molecule has 1 amide bonds. The number of carbonyl (C=O) groups is 1. The van der Waals surface area contributed by atoms with Crippen molar-refractivity contribution in [3.8, 4) is 0 Å². The van der Waals surface area contributed by atoms with Crippen LogP contribution in [0.2, 0.25) is 0 Å². The summed E-state index contributed by atoms with van der Waals surface area (Å²) in [5.74, 6) is 3.48. The fourth-order valence-electron chi connectivity index (χ4n) is 4.47. The number of piperidine rings is 1. The smallest absolute Gasteiger partial charge is 0.227 e. The molecule has 2 aromatic heterocycles. The fourth-order valence-corrected chi connectivity index (χ4v) is 5.45. The summed E-state index contributed by atoms with van der Waals surface area (Å²) in [5, 5.41) is 15.6. The van der Waals surface area contributed by atoms with Gasteiger partial charge in [-0.2, -0.15) is 16.3 Å². The molecule has 2 saturated heterocycles. The highest BCUT2D eigenvalue weighted by Crippen LogP contribution is 2.25. The minimum Gasteiger partial charge on any atom is -0.355 e. The Morgan fingerprint density at radius 2 is 1.94 bits per heavy atom. The number of anilines is 2. The SMILES string of the molecule is Cc1cc(CN2CCSCC2)ccc1NC(=O)C1CCN(c2ccc3nncn3n2)CC1. The maximum absolute atomic E-state index is 12.9. The van der Waals surface area contributed by atoms with Crippen molar-refractivity contribution in [1.82, 2.24) is 24.7 Å². The van der Waals surface area contributed by atoms with E-state index < -0.39 is 0 Å². The minimum atomic E-state index is 0.0230. The zero-order chi connectivity index (χ0) is 21.9. The van der Waals surface area contributed by atoms with Crippen molar-refractivity contribution in [3.63, 3.8) is 0 Å². The zero-order valence-electron chi connectivity index (χ0n) is 18.4. The van der Waals surface area contributed by atoms with Gasteiger partial charge in [0.2, 0.25) is 5.91 Å². The molecule has 0 unspecified atom stereocenters. The largest absolute Gasteiger partial charge is 0.355 e. The molecule has 2 aliphatic heterocycles. The molecule has 4 heterocycles. The number of fused-ring (bicyclic) bond motifs is 1. The summed E-state index contributed by atoms with van der Waals surface area (Å²) in [6.45, 7) is 7.01. The molecule has 1 aromatic carbocycles. The van der Waals surface area contributed by atoms with Crippen molar-refractivity contribution in [2.24, 2.45) is 5.92 Å². The average molecular weight is 452 g/mol. The van der Waals surface area contributed by atoms with E-state index in [-0.39, 0.29) is 11.8 Å². The first-order chi connectivity index (χ1) is 15.7. The Balaban J connectivity index is 1.16. The van der Waals surface area contributed by atoms with E-state index in [1.807, 2.05) is 23.9 Å². The van der Waals surface area contributed by atoms with E-state index in [9.17, 15) is 4.79 Å². The summed E-state index contributed by atoms with van der Waals surface area (Å²) in [7, 11) is 0. The van der Waals surface area contributed by atoms with Crippen LogP contribution in [-0.4, -0.2) is 68.3 Å². The van der Waals surface area contributed by atoms with Gasteiger partial charge in [0.15, 0.2) is 5.65 Å².